The standard InChI is InChI=1S/C12H14BrClN2O4S/c13-8-12(17)15-9-1-2-10(14)11(7-9)21(18,19)16-3-5-20-6-4-16/h1-2,7H,3-6,8H2,(H,15,17). The fraction of sp³-hybridized carbons (Fsp3) is 0.417. The van der Waals surface area contributed by atoms with E-state index in [1.807, 2.05) is 0 Å². The molecule has 0 spiro atoms. The predicted molar refractivity (Wildman–Crippen MR) is 83.5 cm³/mol. The second-order valence-corrected chi connectivity index (χ2v) is 7.22. The van der Waals surface area contributed by atoms with E-state index in [9.17, 15) is 13.2 Å². The van der Waals surface area contributed by atoms with E-state index in [1.165, 1.54) is 16.4 Å². The fourth-order valence-corrected chi connectivity index (χ4v) is 3.95. The molecule has 0 aliphatic carbocycles. The van der Waals surface area contributed by atoms with Crippen molar-refractivity contribution >= 4 is 49.1 Å². The number of ether oxygens (including phenoxy) is 1. The maximum Gasteiger partial charge on any atom is 0.244 e. The van der Waals surface area contributed by atoms with Crippen LogP contribution in [0.25, 0.3) is 0 Å². The van der Waals surface area contributed by atoms with Gasteiger partial charge in [0.25, 0.3) is 0 Å². The second-order valence-electron chi connectivity index (χ2n) is 4.34. The molecule has 0 radical (unpaired) electrons. The Balaban J connectivity index is 2.33. The van der Waals surface area contributed by atoms with E-state index in [0.29, 0.717) is 18.9 Å². The number of nitrogens with one attached hydrogen (secondary N) is 1. The number of carbonyl (C=O) groups is 1. The highest BCUT2D eigenvalue weighted by Crippen LogP contribution is 2.28. The SMILES string of the molecule is O=C(CBr)Nc1ccc(Cl)c(S(=O)(=O)N2CCOCC2)c1. The molecule has 21 heavy (non-hydrogen) atoms. The van der Waals surface area contributed by atoms with Crippen LogP contribution >= 0.6 is 27.5 Å². The molecule has 1 N–H and O–H groups in total. The monoisotopic (exact) mass is 396 g/mol. The molecule has 1 saturated heterocycles. The summed E-state index contributed by atoms with van der Waals surface area (Å²) in [7, 11) is -3.70. The first-order valence-corrected chi connectivity index (χ1v) is 9.12. The van der Waals surface area contributed by atoms with Crippen LogP contribution in [0.4, 0.5) is 5.69 Å². The fourth-order valence-electron chi connectivity index (χ4n) is 1.90. The lowest BCUT2D eigenvalue weighted by Gasteiger charge is -2.26. The van der Waals surface area contributed by atoms with Crippen molar-refractivity contribution in [2.75, 3.05) is 37.0 Å². The van der Waals surface area contributed by atoms with Gasteiger partial charge in [-0.25, -0.2) is 8.42 Å². The van der Waals surface area contributed by atoms with Crippen molar-refractivity contribution in [3.63, 3.8) is 0 Å². The van der Waals surface area contributed by atoms with Gasteiger partial charge in [0.1, 0.15) is 4.90 Å². The molecule has 1 heterocycles. The van der Waals surface area contributed by atoms with Crippen LogP contribution in [0.15, 0.2) is 23.1 Å². The number of morpholine rings is 1. The van der Waals surface area contributed by atoms with E-state index in [-0.39, 0.29) is 34.2 Å². The molecule has 2 rings (SSSR count). The summed E-state index contributed by atoms with van der Waals surface area (Å²) >= 11 is 9.04. The average molecular weight is 398 g/mol. The summed E-state index contributed by atoms with van der Waals surface area (Å²) in [5.41, 5.74) is 0.385. The summed E-state index contributed by atoms with van der Waals surface area (Å²) in [4.78, 5) is 11.3. The first kappa shape index (κ1) is 16.7. The predicted octanol–water partition coefficient (Wildman–Crippen LogP) is 1.69. The van der Waals surface area contributed by atoms with Crippen LogP contribution in [-0.4, -0.2) is 50.3 Å². The highest BCUT2D eigenvalue weighted by molar-refractivity contribution is 9.09. The molecule has 1 amide bonds. The van der Waals surface area contributed by atoms with Crippen molar-refractivity contribution in [1.82, 2.24) is 4.31 Å². The molecule has 0 aromatic heterocycles. The Morgan fingerprint density at radius 2 is 2.05 bits per heavy atom. The van der Waals surface area contributed by atoms with Gasteiger partial charge >= 0.3 is 0 Å². The van der Waals surface area contributed by atoms with Crippen LogP contribution in [0.3, 0.4) is 0 Å². The van der Waals surface area contributed by atoms with Crippen LogP contribution in [-0.2, 0) is 19.6 Å². The Labute approximate surface area is 136 Å². The number of nitrogens with zero attached hydrogens (tertiary/aromatic N) is 1. The quantitative estimate of drug-likeness (QED) is 0.785. The zero-order valence-electron chi connectivity index (χ0n) is 11.0. The number of hydrogen-bond acceptors (Lipinski definition) is 4. The Bertz CT molecular complexity index is 632. The Kier molecular flexibility index (Phi) is 5.61. The molecule has 1 aliphatic rings. The van der Waals surface area contributed by atoms with Crippen LogP contribution in [0.1, 0.15) is 0 Å². The van der Waals surface area contributed by atoms with Gasteiger partial charge in [0.05, 0.1) is 23.6 Å². The van der Waals surface area contributed by atoms with Crippen LogP contribution in [0, 0.1) is 0 Å². The average Bonchev–Trinajstić information content (AvgIpc) is 2.49. The molecule has 0 bridgehead atoms. The summed E-state index contributed by atoms with van der Waals surface area (Å²) in [6, 6.07) is 4.38. The Morgan fingerprint density at radius 3 is 2.67 bits per heavy atom. The number of rotatable bonds is 4. The minimum absolute atomic E-state index is 0.0153. The molecule has 1 aromatic carbocycles. The first-order valence-electron chi connectivity index (χ1n) is 6.18. The van der Waals surface area contributed by atoms with Gasteiger partial charge in [-0.15, -0.1) is 0 Å². The van der Waals surface area contributed by atoms with Gasteiger partial charge in [-0.3, -0.25) is 4.79 Å². The Hall–Kier alpha value is -0.670. The minimum Gasteiger partial charge on any atom is -0.379 e. The van der Waals surface area contributed by atoms with Gasteiger partial charge in [0.15, 0.2) is 0 Å². The van der Waals surface area contributed by atoms with Crippen molar-refractivity contribution in [1.29, 1.82) is 0 Å². The third-order valence-corrected chi connectivity index (χ3v) is 5.81. The van der Waals surface area contributed by atoms with Crippen molar-refractivity contribution in [2.45, 2.75) is 4.90 Å². The van der Waals surface area contributed by atoms with Crippen LogP contribution < -0.4 is 5.32 Å². The molecule has 9 heteroatoms. The third-order valence-electron chi connectivity index (χ3n) is 2.92. The van der Waals surface area contributed by atoms with E-state index in [2.05, 4.69) is 21.2 Å². The van der Waals surface area contributed by atoms with E-state index >= 15 is 0 Å². The molecule has 0 saturated carbocycles. The minimum atomic E-state index is -3.70. The second kappa shape index (κ2) is 7.06. The van der Waals surface area contributed by atoms with Crippen LogP contribution in [0.5, 0.6) is 0 Å². The van der Waals surface area contributed by atoms with Crippen LogP contribution in [0.2, 0.25) is 5.02 Å². The lowest BCUT2D eigenvalue weighted by Crippen LogP contribution is -2.40. The lowest BCUT2D eigenvalue weighted by atomic mass is 10.3. The van der Waals surface area contributed by atoms with Gasteiger partial charge < -0.3 is 10.1 Å². The molecule has 0 atom stereocenters. The maximum atomic E-state index is 12.6. The van der Waals surface area contributed by atoms with Crippen molar-refractivity contribution in [3.8, 4) is 0 Å². The zero-order chi connectivity index (χ0) is 15.5. The van der Waals surface area contributed by atoms with E-state index in [4.69, 9.17) is 16.3 Å². The normalized spacial score (nSPS) is 16.7. The van der Waals surface area contributed by atoms with E-state index in [0.717, 1.165) is 0 Å². The summed E-state index contributed by atoms with van der Waals surface area (Å²) in [5, 5.41) is 2.83. The van der Waals surface area contributed by atoms with Gasteiger partial charge in [0.2, 0.25) is 15.9 Å². The molecule has 1 fully saturated rings. The first-order chi connectivity index (χ1) is 9.95. The molecule has 1 aliphatic heterocycles. The van der Waals surface area contributed by atoms with Gasteiger partial charge in [0, 0.05) is 18.8 Å². The molecule has 6 nitrogen and oxygen atoms in total. The number of benzene rings is 1. The Morgan fingerprint density at radius 1 is 1.38 bits per heavy atom. The highest BCUT2D eigenvalue weighted by atomic mass is 79.9. The number of sulfonamides is 1. The number of alkyl halides is 1. The number of amides is 1. The van der Waals surface area contributed by atoms with Crippen molar-refractivity contribution in [2.24, 2.45) is 0 Å². The molecule has 0 unspecified atom stereocenters. The van der Waals surface area contributed by atoms with Crippen molar-refractivity contribution < 1.29 is 17.9 Å². The summed E-state index contributed by atoms with van der Waals surface area (Å²) in [5.74, 6) is -0.271. The largest absolute Gasteiger partial charge is 0.379 e. The molecular formula is C12H14BrClN2O4S. The number of hydrogen-bond donors (Lipinski definition) is 1. The summed E-state index contributed by atoms with van der Waals surface area (Å²) < 4.78 is 31.6. The van der Waals surface area contributed by atoms with E-state index in [1.54, 1.807) is 6.07 Å². The number of anilines is 1. The van der Waals surface area contributed by atoms with Gasteiger partial charge in [-0.05, 0) is 18.2 Å². The smallest absolute Gasteiger partial charge is 0.244 e. The molecule has 1 aromatic rings. The summed E-state index contributed by atoms with van der Waals surface area (Å²) in [6.45, 7) is 1.29. The number of carbonyl (C=O) groups excluding carboxylic acids is 1. The number of halogens is 2. The highest BCUT2D eigenvalue weighted by Gasteiger charge is 2.28. The topological polar surface area (TPSA) is 75.7 Å². The van der Waals surface area contributed by atoms with Gasteiger partial charge in [-0.1, -0.05) is 27.5 Å². The third kappa shape index (κ3) is 3.95. The lowest BCUT2D eigenvalue weighted by molar-refractivity contribution is -0.113. The van der Waals surface area contributed by atoms with E-state index < -0.39 is 10.0 Å². The molecule has 116 valence electrons. The van der Waals surface area contributed by atoms with Crippen molar-refractivity contribution in [3.05, 3.63) is 23.2 Å². The van der Waals surface area contributed by atoms with Gasteiger partial charge in [-0.2, -0.15) is 4.31 Å². The zero-order valence-corrected chi connectivity index (χ0v) is 14.2. The molecular weight excluding hydrogens is 384 g/mol. The summed E-state index contributed by atoms with van der Waals surface area (Å²) in [6.07, 6.45) is 0. The maximum absolute atomic E-state index is 12.6.